The summed E-state index contributed by atoms with van der Waals surface area (Å²) in [6, 6.07) is 9.62. The molecule has 126 valence electrons. The number of pyridine rings is 1. The summed E-state index contributed by atoms with van der Waals surface area (Å²) in [5.41, 5.74) is 0.843. The normalized spacial score (nSPS) is 17.3. The minimum Gasteiger partial charge on any atom is -0.340 e. The molecule has 0 N–H and O–H groups in total. The van der Waals surface area contributed by atoms with Gasteiger partial charge in [-0.05, 0) is 40.2 Å². The Bertz CT molecular complexity index is 734. The number of hydrogen-bond donors (Lipinski definition) is 0. The Balaban J connectivity index is 1.59. The second kappa shape index (κ2) is 7.44. The van der Waals surface area contributed by atoms with Gasteiger partial charge < -0.3 is 9.80 Å². The topological polar surface area (TPSA) is 53.5 Å². The Hall–Kier alpha value is -1.73. The monoisotopic (exact) mass is 407 g/mol. The zero-order valence-corrected chi connectivity index (χ0v) is 15.7. The summed E-state index contributed by atoms with van der Waals surface area (Å²) in [6.07, 6.45) is 2.00. The summed E-state index contributed by atoms with van der Waals surface area (Å²) in [4.78, 5) is 33.6. The summed E-state index contributed by atoms with van der Waals surface area (Å²) in [5.74, 6) is -0.225. The van der Waals surface area contributed by atoms with Gasteiger partial charge in [0.1, 0.15) is 0 Å². The molecule has 1 atom stereocenters. The average Bonchev–Trinajstić information content (AvgIpc) is 3.14. The van der Waals surface area contributed by atoms with Crippen LogP contribution in [0.25, 0.3) is 0 Å². The van der Waals surface area contributed by atoms with E-state index in [9.17, 15) is 9.59 Å². The average molecular weight is 408 g/mol. The van der Waals surface area contributed by atoms with E-state index >= 15 is 0 Å². The summed E-state index contributed by atoms with van der Waals surface area (Å²) >= 11 is 5.05. The Labute approximate surface area is 153 Å². The van der Waals surface area contributed by atoms with Crippen molar-refractivity contribution >= 4 is 39.1 Å². The van der Waals surface area contributed by atoms with Crippen molar-refractivity contribution in [1.82, 2.24) is 14.8 Å². The molecule has 2 aromatic rings. The zero-order chi connectivity index (χ0) is 17.1. The van der Waals surface area contributed by atoms with E-state index in [4.69, 9.17) is 0 Å². The van der Waals surface area contributed by atoms with Crippen molar-refractivity contribution in [2.24, 2.45) is 5.92 Å². The predicted molar refractivity (Wildman–Crippen MR) is 96.3 cm³/mol. The smallest absolute Gasteiger partial charge is 0.228 e. The van der Waals surface area contributed by atoms with Crippen molar-refractivity contribution in [2.45, 2.75) is 19.5 Å². The molecule has 3 heterocycles. The van der Waals surface area contributed by atoms with Crippen LogP contribution in [0.15, 0.2) is 40.3 Å². The Morgan fingerprint density at radius 3 is 2.92 bits per heavy atom. The molecule has 0 aromatic carbocycles. The van der Waals surface area contributed by atoms with E-state index < -0.39 is 0 Å². The molecule has 0 aliphatic carbocycles. The summed E-state index contributed by atoms with van der Waals surface area (Å²) in [5, 5.41) is 0. The Morgan fingerprint density at radius 2 is 2.25 bits per heavy atom. The quantitative estimate of drug-likeness (QED) is 0.765. The minimum atomic E-state index is -0.269. The largest absolute Gasteiger partial charge is 0.340 e. The minimum absolute atomic E-state index is 0.0197. The molecule has 1 aliphatic heterocycles. The van der Waals surface area contributed by atoms with Crippen LogP contribution in [0.3, 0.4) is 0 Å². The number of carbonyl (C=O) groups excluding carboxylic acids is 2. The van der Waals surface area contributed by atoms with Crippen LogP contribution in [-0.2, 0) is 22.7 Å². The van der Waals surface area contributed by atoms with Gasteiger partial charge >= 0.3 is 0 Å². The molecule has 7 heteroatoms. The van der Waals surface area contributed by atoms with Gasteiger partial charge in [-0.2, -0.15) is 0 Å². The number of rotatable bonds is 5. The van der Waals surface area contributed by atoms with Gasteiger partial charge in [0.25, 0.3) is 0 Å². The number of thiophene rings is 1. The summed E-state index contributed by atoms with van der Waals surface area (Å²) in [6.45, 7) is 1.50. The molecular weight excluding hydrogens is 390 g/mol. The maximum Gasteiger partial charge on any atom is 0.228 e. The highest BCUT2D eigenvalue weighted by Crippen LogP contribution is 2.25. The van der Waals surface area contributed by atoms with Crippen LogP contribution in [0.4, 0.5) is 0 Å². The van der Waals surface area contributed by atoms with Crippen LogP contribution in [0, 0.1) is 5.92 Å². The lowest BCUT2D eigenvalue weighted by molar-refractivity contribution is -0.135. The number of carbonyl (C=O) groups is 2. The second-order valence-electron chi connectivity index (χ2n) is 5.90. The maximum absolute atomic E-state index is 12.6. The first-order chi connectivity index (χ1) is 11.5. The van der Waals surface area contributed by atoms with E-state index in [1.165, 1.54) is 0 Å². The maximum atomic E-state index is 12.6. The molecule has 1 saturated heterocycles. The first-order valence-electron chi connectivity index (χ1n) is 7.70. The molecule has 1 unspecified atom stereocenters. The van der Waals surface area contributed by atoms with Gasteiger partial charge in [-0.25, -0.2) is 0 Å². The van der Waals surface area contributed by atoms with Gasteiger partial charge in [0.15, 0.2) is 0 Å². The van der Waals surface area contributed by atoms with E-state index in [0.29, 0.717) is 19.6 Å². The number of nitrogens with zero attached hydrogens (tertiary/aromatic N) is 3. The number of halogens is 1. The van der Waals surface area contributed by atoms with Crippen molar-refractivity contribution in [3.63, 3.8) is 0 Å². The lowest BCUT2D eigenvalue weighted by atomic mass is 10.1. The number of hydrogen-bond acceptors (Lipinski definition) is 4. The van der Waals surface area contributed by atoms with Crippen LogP contribution < -0.4 is 0 Å². The van der Waals surface area contributed by atoms with Gasteiger partial charge in [-0.15, -0.1) is 11.3 Å². The first-order valence-corrected chi connectivity index (χ1v) is 9.31. The molecule has 1 aliphatic rings. The third-order valence-electron chi connectivity index (χ3n) is 4.04. The predicted octanol–water partition coefficient (Wildman–Crippen LogP) is 2.91. The summed E-state index contributed by atoms with van der Waals surface area (Å²) in [7, 11) is 1.79. The lowest BCUT2D eigenvalue weighted by Gasteiger charge is -2.21. The van der Waals surface area contributed by atoms with Crippen molar-refractivity contribution in [1.29, 1.82) is 0 Å². The molecule has 2 amide bonds. The molecule has 0 bridgehead atoms. The third kappa shape index (κ3) is 4.02. The number of likely N-dealkylation sites (tertiary alicyclic amines) is 1. The Morgan fingerprint density at radius 1 is 1.42 bits per heavy atom. The molecule has 5 nitrogen and oxygen atoms in total. The standard InChI is InChI=1S/C17H18BrN3O2S/c1-20(11-14-5-6-15(18)24-14)17(23)12-8-16(22)21(9-12)10-13-4-2-3-7-19-13/h2-7,12H,8-11H2,1H3. The van der Waals surface area contributed by atoms with Gasteiger partial charge in [-0.3, -0.25) is 14.6 Å². The van der Waals surface area contributed by atoms with E-state index in [1.54, 1.807) is 34.4 Å². The van der Waals surface area contributed by atoms with Crippen LogP contribution in [0.5, 0.6) is 0 Å². The van der Waals surface area contributed by atoms with E-state index in [1.807, 2.05) is 30.3 Å². The fourth-order valence-electron chi connectivity index (χ4n) is 2.84. The van der Waals surface area contributed by atoms with Gasteiger partial charge in [0.05, 0.1) is 28.5 Å². The van der Waals surface area contributed by atoms with E-state index in [0.717, 1.165) is 14.4 Å². The van der Waals surface area contributed by atoms with Crippen LogP contribution >= 0.6 is 27.3 Å². The Kier molecular flexibility index (Phi) is 5.30. The van der Waals surface area contributed by atoms with Crippen molar-refractivity contribution < 1.29 is 9.59 Å². The molecule has 0 saturated carbocycles. The highest BCUT2D eigenvalue weighted by atomic mass is 79.9. The molecule has 0 radical (unpaired) electrons. The molecule has 1 fully saturated rings. The van der Waals surface area contributed by atoms with Crippen molar-refractivity contribution in [3.8, 4) is 0 Å². The van der Waals surface area contributed by atoms with Crippen LogP contribution in [-0.4, -0.2) is 40.2 Å². The van der Waals surface area contributed by atoms with E-state index in [-0.39, 0.29) is 24.2 Å². The highest BCUT2D eigenvalue weighted by Gasteiger charge is 2.35. The molecule has 24 heavy (non-hydrogen) atoms. The van der Waals surface area contributed by atoms with Gasteiger partial charge in [0, 0.05) is 31.1 Å². The molecule has 0 spiro atoms. The fourth-order valence-corrected chi connectivity index (χ4v) is 4.37. The molecule has 3 rings (SSSR count). The summed E-state index contributed by atoms with van der Waals surface area (Å²) < 4.78 is 1.05. The van der Waals surface area contributed by atoms with Crippen molar-refractivity contribution in [2.75, 3.05) is 13.6 Å². The van der Waals surface area contributed by atoms with Gasteiger partial charge in [-0.1, -0.05) is 6.07 Å². The SMILES string of the molecule is CN(Cc1ccc(Br)s1)C(=O)C1CC(=O)N(Cc2ccccn2)C1. The zero-order valence-electron chi connectivity index (χ0n) is 13.3. The third-order valence-corrected chi connectivity index (χ3v) is 5.65. The lowest BCUT2D eigenvalue weighted by Crippen LogP contribution is -2.34. The molecular formula is C17H18BrN3O2S. The molecule has 2 aromatic heterocycles. The number of aromatic nitrogens is 1. The first kappa shape index (κ1) is 17.1. The highest BCUT2D eigenvalue weighted by molar-refractivity contribution is 9.11. The van der Waals surface area contributed by atoms with Gasteiger partial charge in [0.2, 0.25) is 11.8 Å². The number of amides is 2. The second-order valence-corrected chi connectivity index (χ2v) is 8.44. The fraction of sp³-hybridized carbons (Fsp3) is 0.353. The van der Waals surface area contributed by atoms with Crippen molar-refractivity contribution in [3.05, 3.63) is 50.9 Å². The van der Waals surface area contributed by atoms with Crippen LogP contribution in [0.2, 0.25) is 0 Å². The van der Waals surface area contributed by atoms with E-state index in [2.05, 4.69) is 20.9 Å². The van der Waals surface area contributed by atoms with Crippen LogP contribution in [0.1, 0.15) is 17.0 Å².